The van der Waals surface area contributed by atoms with E-state index in [-0.39, 0.29) is 12.4 Å². The summed E-state index contributed by atoms with van der Waals surface area (Å²) < 4.78 is 36.7. The molecule has 0 amide bonds. The van der Waals surface area contributed by atoms with E-state index < -0.39 is 15.6 Å². The third-order valence-electron chi connectivity index (χ3n) is 2.42. The average Bonchev–Trinajstić information content (AvgIpc) is 2.26. The quantitative estimate of drug-likeness (QED) is 0.699. The SMILES string of the molecule is COCC(C)(C)NS(=O)(=O)CCOc1cccc(N)c1. The molecule has 0 unspecified atom stereocenters. The van der Waals surface area contributed by atoms with Crippen molar-refractivity contribution in [1.82, 2.24) is 4.72 Å². The van der Waals surface area contributed by atoms with E-state index in [2.05, 4.69) is 4.72 Å². The molecule has 0 aromatic heterocycles. The van der Waals surface area contributed by atoms with Gasteiger partial charge >= 0.3 is 0 Å². The molecule has 1 aromatic rings. The molecular formula is C13H22N2O4S. The molecule has 0 aliphatic rings. The first kappa shape index (κ1) is 16.7. The van der Waals surface area contributed by atoms with E-state index in [0.29, 0.717) is 18.0 Å². The van der Waals surface area contributed by atoms with Crippen molar-refractivity contribution in [2.75, 3.05) is 31.8 Å². The molecular weight excluding hydrogens is 280 g/mol. The normalized spacial score (nSPS) is 12.3. The van der Waals surface area contributed by atoms with Gasteiger partial charge in [-0.3, -0.25) is 0 Å². The molecule has 1 rings (SSSR count). The van der Waals surface area contributed by atoms with Crippen molar-refractivity contribution in [3.63, 3.8) is 0 Å². The van der Waals surface area contributed by atoms with Crippen molar-refractivity contribution < 1.29 is 17.9 Å². The number of nitrogens with two attached hydrogens (primary N) is 1. The first-order chi connectivity index (χ1) is 9.24. The second-order valence-corrected chi connectivity index (χ2v) is 7.00. The van der Waals surface area contributed by atoms with Crippen LogP contribution in [0, 0.1) is 0 Å². The van der Waals surface area contributed by atoms with Crippen molar-refractivity contribution in [3.05, 3.63) is 24.3 Å². The van der Waals surface area contributed by atoms with Gasteiger partial charge in [0.25, 0.3) is 0 Å². The fraction of sp³-hybridized carbons (Fsp3) is 0.538. The van der Waals surface area contributed by atoms with Gasteiger partial charge in [0.2, 0.25) is 10.0 Å². The maximum Gasteiger partial charge on any atom is 0.215 e. The van der Waals surface area contributed by atoms with Crippen LogP contribution in [0.2, 0.25) is 0 Å². The van der Waals surface area contributed by atoms with Crippen LogP contribution in [0.4, 0.5) is 5.69 Å². The molecule has 20 heavy (non-hydrogen) atoms. The summed E-state index contributed by atoms with van der Waals surface area (Å²) in [7, 11) is -1.90. The Morgan fingerprint density at radius 2 is 2.05 bits per heavy atom. The minimum absolute atomic E-state index is 0.0574. The number of anilines is 1. The first-order valence-electron chi connectivity index (χ1n) is 6.23. The molecule has 0 saturated carbocycles. The predicted octanol–water partition coefficient (Wildman–Crippen LogP) is 0.992. The zero-order valence-electron chi connectivity index (χ0n) is 12.0. The standard InChI is InChI=1S/C13H22N2O4S/c1-13(2,10-18-3)15-20(16,17)8-7-19-12-6-4-5-11(14)9-12/h4-6,9,15H,7-8,10,14H2,1-3H3. The lowest BCUT2D eigenvalue weighted by Gasteiger charge is -2.24. The molecule has 0 radical (unpaired) electrons. The van der Waals surface area contributed by atoms with Gasteiger partial charge in [-0.05, 0) is 26.0 Å². The summed E-state index contributed by atoms with van der Waals surface area (Å²) in [5.41, 5.74) is 5.53. The minimum Gasteiger partial charge on any atom is -0.492 e. The topological polar surface area (TPSA) is 90.6 Å². The highest BCUT2D eigenvalue weighted by molar-refractivity contribution is 7.89. The maximum absolute atomic E-state index is 11.9. The molecule has 0 aliphatic heterocycles. The average molecular weight is 302 g/mol. The number of ether oxygens (including phenoxy) is 2. The van der Waals surface area contributed by atoms with Crippen molar-refractivity contribution in [2.45, 2.75) is 19.4 Å². The van der Waals surface area contributed by atoms with Gasteiger partial charge < -0.3 is 15.2 Å². The van der Waals surface area contributed by atoms with E-state index >= 15 is 0 Å². The Kier molecular flexibility index (Phi) is 5.79. The maximum atomic E-state index is 11.9. The smallest absolute Gasteiger partial charge is 0.215 e. The van der Waals surface area contributed by atoms with Crippen LogP contribution in [-0.2, 0) is 14.8 Å². The first-order valence-corrected chi connectivity index (χ1v) is 7.88. The molecule has 3 N–H and O–H groups in total. The van der Waals surface area contributed by atoms with Gasteiger partial charge in [0.15, 0.2) is 0 Å². The third-order valence-corrected chi connectivity index (χ3v) is 3.98. The molecule has 0 heterocycles. The lowest BCUT2D eigenvalue weighted by atomic mass is 10.1. The summed E-state index contributed by atoms with van der Waals surface area (Å²) in [6.45, 7) is 3.86. The van der Waals surface area contributed by atoms with Crippen molar-refractivity contribution >= 4 is 15.7 Å². The Bertz CT molecular complexity index is 529. The van der Waals surface area contributed by atoms with Crippen LogP contribution in [0.3, 0.4) is 0 Å². The van der Waals surface area contributed by atoms with Gasteiger partial charge in [-0.25, -0.2) is 13.1 Å². The third kappa shape index (κ3) is 6.23. The lowest BCUT2D eigenvalue weighted by molar-refractivity contribution is 0.141. The van der Waals surface area contributed by atoms with E-state index in [9.17, 15) is 8.42 Å². The van der Waals surface area contributed by atoms with E-state index in [1.54, 1.807) is 38.1 Å². The number of rotatable bonds is 8. The molecule has 0 aliphatic carbocycles. The van der Waals surface area contributed by atoms with Crippen LogP contribution in [0.25, 0.3) is 0 Å². The Hall–Kier alpha value is -1.31. The molecule has 0 saturated heterocycles. The van der Waals surface area contributed by atoms with Gasteiger partial charge in [-0.1, -0.05) is 6.07 Å². The summed E-state index contributed by atoms with van der Waals surface area (Å²) in [6.07, 6.45) is 0. The van der Waals surface area contributed by atoms with Gasteiger partial charge in [0.1, 0.15) is 12.4 Å². The van der Waals surface area contributed by atoms with Gasteiger partial charge in [0, 0.05) is 18.9 Å². The van der Waals surface area contributed by atoms with Crippen LogP contribution in [0.15, 0.2) is 24.3 Å². The predicted molar refractivity (Wildman–Crippen MR) is 79.2 cm³/mol. The highest BCUT2D eigenvalue weighted by Crippen LogP contribution is 2.14. The molecule has 0 bridgehead atoms. The van der Waals surface area contributed by atoms with Crippen LogP contribution < -0.4 is 15.2 Å². The summed E-state index contributed by atoms with van der Waals surface area (Å²) in [4.78, 5) is 0. The number of hydrogen-bond donors (Lipinski definition) is 2. The Balaban J connectivity index is 2.48. The number of methoxy groups -OCH3 is 1. The molecule has 0 fully saturated rings. The second kappa shape index (κ2) is 6.92. The van der Waals surface area contributed by atoms with Crippen LogP contribution in [-0.4, -0.2) is 40.0 Å². The fourth-order valence-electron chi connectivity index (χ4n) is 1.74. The Morgan fingerprint density at radius 1 is 1.35 bits per heavy atom. The zero-order chi connectivity index (χ0) is 15.2. The summed E-state index contributed by atoms with van der Waals surface area (Å²) in [5.74, 6) is 0.422. The van der Waals surface area contributed by atoms with E-state index in [1.807, 2.05) is 0 Å². The summed E-state index contributed by atoms with van der Waals surface area (Å²) in [6, 6.07) is 6.86. The highest BCUT2D eigenvalue weighted by Gasteiger charge is 2.24. The Morgan fingerprint density at radius 3 is 2.65 bits per heavy atom. The van der Waals surface area contributed by atoms with Crippen molar-refractivity contribution in [2.24, 2.45) is 0 Å². The largest absolute Gasteiger partial charge is 0.492 e. The van der Waals surface area contributed by atoms with Crippen LogP contribution in [0.1, 0.15) is 13.8 Å². The van der Waals surface area contributed by atoms with E-state index in [1.165, 1.54) is 7.11 Å². The zero-order valence-corrected chi connectivity index (χ0v) is 12.9. The summed E-state index contributed by atoms with van der Waals surface area (Å²) in [5, 5.41) is 0. The van der Waals surface area contributed by atoms with E-state index in [0.717, 1.165) is 0 Å². The highest BCUT2D eigenvalue weighted by atomic mass is 32.2. The monoisotopic (exact) mass is 302 g/mol. The molecule has 7 heteroatoms. The summed E-state index contributed by atoms with van der Waals surface area (Å²) >= 11 is 0. The second-order valence-electron chi connectivity index (χ2n) is 5.16. The molecule has 0 atom stereocenters. The fourth-order valence-corrected chi connectivity index (χ4v) is 3.04. The number of hydrogen-bond acceptors (Lipinski definition) is 5. The van der Waals surface area contributed by atoms with Crippen molar-refractivity contribution in [3.8, 4) is 5.75 Å². The number of benzene rings is 1. The van der Waals surface area contributed by atoms with Crippen molar-refractivity contribution in [1.29, 1.82) is 0 Å². The molecule has 6 nitrogen and oxygen atoms in total. The molecule has 114 valence electrons. The van der Waals surface area contributed by atoms with Gasteiger partial charge in [-0.15, -0.1) is 0 Å². The minimum atomic E-state index is -3.43. The molecule has 1 aromatic carbocycles. The molecule has 0 spiro atoms. The van der Waals surface area contributed by atoms with Gasteiger partial charge in [0.05, 0.1) is 17.9 Å². The van der Waals surface area contributed by atoms with Crippen LogP contribution in [0.5, 0.6) is 5.75 Å². The van der Waals surface area contributed by atoms with E-state index in [4.69, 9.17) is 15.2 Å². The number of nitrogen functional groups attached to an aromatic ring is 1. The number of sulfonamides is 1. The van der Waals surface area contributed by atoms with Gasteiger partial charge in [-0.2, -0.15) is 0 Å². The lowest BCUT2D eigenvalue weighted by Crippen LogP contribution is -2.48. The van der Waals surface area contributed by atoms with Crippen LogP contribution >= 0.6 is 0 Å². The number of nitrogens with one attached hydrogen (secondary N) is 1. The Labute approximate surface area is 120 Å².